The number of methoxy groups -OCH3 is 1. The predicted molar refractivity (Wildman–Crippen MR) is 91.3 cm³/mol. The number of aryl methyl sites for hydroxylation is 1. The highest BCUT2D eigenvalue weighted by Crippen LogP contribution is 2.22. The molecule has 0 saturated carbocycles. The van der Waals surface area contributed by atoms with Gasteiger partial charge in [0.05, 0.1) is 13.2 Å². The Morgan fingerprint density at radius 3 is 2.62 bits per heavy atom. The number of aromatic nitrogens is 2. The van der Waals surface area contributed by atoms with E-state index in [1.807, 2.05) is 48.1 Å². The number of halogens is 1. The summed E-state index contributed by atoms with van der Waals surface area (Å²) in [6.07, 6.45) is 3.63. The Hall–Kier alpha value is -2.66. The van der Waals surface area contributed by atoms with Crippen molar-refractivity contribution in [2.24, 2.45) is 7.05 Å². The second-order valence-corrected chi connectivity index (χ2v) is 5.61. The fraction of sp³-hybridized carbons (Fsp3) is 0.211. The van der Waals surface area contributed by atoms with Crippen LogP contribution in [0.3, 0.4) is 0 Å². The first-order chi connectivity index (χ1) is 11.7. The number of imidazole rings is 1. The highest BCUT2D eigenvalue weighted by molar-refractivity contribution is 5.29. The van der Waals surface area contributed by atoms with Crippen LogP contribution in [-0.4, -0.2) is 16.7 Å². The summed E-state index contributed by atoms with van der Waals surface area (Å²) in [4.78, 5) is 4.42. The lowest BCUT2D eigenvalue weighted by atomic mass is 10.1. The first kappa shape index (κ1) is 16.2. The average molecular weight is 325 g/mol. The second-order valence-electron chi connectivity index (χ2n) is 5.61. The van der Waals surface area contributed by atoms with E-state index in [1.165, 1.54) is 6.07 Å². The Morgan fingerprint density at radius 1 is 1.21 bits per heavy atom. The minimum atomic E-state index is -0.252. The standard InChI is InChI=1S/C19H20FN3O/c1-23-11-10-21-19(23)18(15-4-3-5-16(20)12-15)22-13-14-6-8-17(24-2)9-7-14/h3-12,18,22H,13H2,1-2H3/t18-/m1/s1. The number of ether oxygens (including phenoxy) is 1. The molecule has 0 fully saturated rings. The van der Waals surface area contributed by atoms with Gasteiger partial charge in [0.15, 0.2) is 0 Å². The van der Waals surface area contributed by atoms with Gasteiger partial charge in [0, 0.05) is 26.0 Å². The molecular weight excluding hydrogens is 305 g/mol. The summed E-state index contributed by atoms with van der Waals surface area (Å²) in [5.41, 5.74) is 1.96. The number of nitrogens with one attached hydrogen (secondary N) is 1. The number of rotatable bonds is 6. The van der Waals surface area contributed by atoms with Crippen molar-refractivity contribution in [3.8, 4) is 5.75 Å². The summed E-state index contributed by atoms with van der Waals surface area (Å²) < 4.78 is 20.8. The molecular formula is C19H20FN3O. The van der Waals surface area contributed by atoms with E-state index in [0.717, 1.165) is 22.7 Å². The lowest BCUT2D eigenvalue weighted by molar-refractivity contribution is 0.414. The highest BCUT2D eigenvalue weighted by atomic mass is 19.1. The smallest absolute Gasteiger partial charge is 0.130 e. The van der Waals surface area contributed by atoms with E-state index in [1.54, 1.807) is 25.4 Å². The molecule has 124 valence electrons. The van der Waals surface area contributed by atoms with Gasteiger partial charge < -0.3 is 9.30 Å². The SMILES string of the molecule is COc1ccc(CN[C@H](c2cccc(F)c2)c2nccn2C)cc1. The van der Waals surface area contributed by atoms with Crippen LogP contribution in [0.5, 0.6) is 5.75 Å². The van der Waals surface area contributed by atoms with Gasteiger partial charge in [-0.05, 0) is 35.4 Å². The van der Waals surface area contributed by atoms with Crippen molar-refractivity contribution < 1.29 is 9.13 Å². The van der Waals surface area contributed by atoms with Gasteiger partial charge in [-0.25, -0.2) is 9.37 Å². The summed E-state index contributed by atoms with van der Waals surface area (Å²) in [6, 6.07) is 14.3. The topological polar surface area (TPSA) is 39.1 Å². The van der Waals surface area contributed by atoms with E-state index in [4.69, 9.17) is 4.74 Å². The second kappa shape index (κ2) is 7.27. The van der Waals surface area contributed by atoms with E-state index in [0.29, 0.717) is 6.54 Å². The molecule has 0 radical (unpaired) electrons. The average Bonchev–Trinajstić information content (AvgIpc) is 3.02. The molecule has 0 bridgehead atoms. The largest absolute Gasteiger partial charge is 0.497 e. The zero-order valence-corrected chi connectivity index (χ0v) is 13.7. The summed E-state index contributed by atoms with van der Waals surface area (Å²) in [7, 11) is 3.58. The Balaban J connectivity index is 1.83. The highest BCUT2D eigenvalue weighted by Gasteiger charge is 2.18. The molecule has 0 aliphatic carbocycles. The quantitative estimate of drug-likeness (QED) is 0.754. The third-order valence-corrected chi connectivity index (χ3v) is 3.97. The summed E-state index contributed by atoms with van der Waals surface area (Å²) in [5.74, 6) is 1.41. The maximum atomic E-state index is 13.6. The van der Waals surface area contributed by atoms with Gasteiger partial charge in [-0.2, -0.15) is 0 Å². The van der Waals surface area contributed by atoms with Gasteiger partial charge in [0.2, 0.25) is 0 Å². The molecule has 2 aromatic carbocycles. The van der Waals surface area contributed by atoms with Gasteiger partial charge in [-0.15, -0.1) is 0 Å². The van der Waals surface area contributed by atoms with Crippen LogP contribution in [0.15, 0.2) is 60.9 Å². The summed E-state index contributed by atoms with van der Waals surface area (Å²) in [6.45, 7) is 0.637. The Labute approximate surface area is 140 Å². The molecule has 0 aliphatic heterocycles. The number of benzene rings is 2. The van der Waals surface area contributed by atoms with Crippen LogP contribution in [0.4, 0.5) is 4.39 Å². The molecule has 1 N–H and O–H groups in total. The van der Waals surface area contributed by atoms with Gasteiger partial charge in [0.25, 0.3) is 0 Å². The van der Waals surface area contributed by atoms with E-state index < -0.39 is 0 Å². The molecule has 5 heteroatoms. The maximum Gasteiger partial charge on any atom is 0.130 e. The van der Waals surface area contributed by atoms with Crippen molar-refractivity contribution in [3.63, 3.8) is 0 Å². The van der Waals surface area contributed by atoms with Crippen LogP contribution in [0.2, 0.25) is 0 Å². The normalized spacial score (nSPS) is 12.1. The van der Waals surface area contributed by atoms with Gasteiger partial charge in [0.1, 0.15) is 17.4 Å². The lowest BCUT2D eigenvalue weighted by Crippen LogP contribution is -2.24. The minimum absolute atomic E-state index is 0.192. The van der Waals surface area contributed by atoms with Crippen LogP contribution in [0, 0.1) is 5.82 Å². The third-order valence-electron chi connectivity index (χ3n) is 3.97. The van der Waals surface area contributed by atoms with Crippen molar-refractivity contribution >= 4 is 0 Å². The number of nitrogens with zero attached hydrogens (tertiary/aromatic N) is 2. The van der Waals surface area contributed by atoms with Crippen molar-refractivity contribution in [2.45, 2.75) is 12.6 Å². The zero-order chi connectivity index (χ0) is 16.9. The molecule has 1 heterocycles. The van der Waals surface area contributed by atoms with Crippen LogP contribution >= 0.6 is 0 Å². The number of hydrogen-bond donors (Lipinski definition) is 1. The predicted octanol–water partition coefficient (Wildman–Crippen LogP) is 3.45. The molecule has 3 aromatic rings. The van der Waals surface area contributed by atoms with E-state index in [9.17, 15) is 4.39 Å². The molecule has 1 aromatic heterocycles. The van der Waals surface area contributed by atoms with Crippen molar-refractivity contribution in [2.75, 3.05) is 7.11 Å². The van der Waals surface area contributed by atoms with Crippen molar-refractivity contribution in [1.29, 1.82) is 0 Å². The third kappa shape index (κ3) is 3.63. The first-order valence-corrected chi connectivity index (χ1v) is 7.76. The lowest BCUT2D eigenvalue weighted by Gasteiger charge is -2.19. The minimum Gasteiger partial charge on any atom is -0.497 e. The fourth-order valence-corrected chi connectivity index (χ4v) is 2.66. The molecule has 3 rings (SSSR count). The molecule has 0 spiro atoms. The van der Waals surface area contributed by atoms with Crippen LogP contribution < -0.4 is 10.1 Å². The van der Waals surface area contributed by atoms with Gasteiger partial charge >= 0.3 is 0 Å². The van der Waals surface area contributed by atoms with Crippen molar-refractivity contribution in [1.82, 2.24) is 14.9 Å². The van der Waals surface area contributed by atoms with Gasteiger partial charge in [-0.1, -0.05) is 24.3 Å². The van der Waals surface area contributed by atoms with Gasteiger partial charge in [-0.3, -0.25) is 5.32 Å². The maximum absolute atomic E-state index is 13.6. The Kier molecular flexibility index (Phi) is 4.91. The zero-order valence-electron chi connectivity index (χ0n) is 13.7. The Morgan fingerprint density at radius 2 is 2.00 bits per heavy atom. The van der Waals surface area contributed by atoms with E-state index >= 15 is 0 Å². The van der Waals surface area contributed by atoms with Crippen molar-refractivity contribution in [3.05, 3.63) is 83.7 Å². The number of hydrogen-bond acceptors (Lipinski definition) is 3. The van der Waals surface area contributed by atoms with Crippen LogP contribution in [0.1, 0.15) is 23.0 Å². The monoisotopic (exact) mass is 325 g/mol. The van der Waals surface area contributed by atoms with E-state index in [-0.39, 0.29) is 11.9 Å². The van der Waals surface area contributed by atoms with E-state index in [2.05, 4.69) is 10.3 Å². The van der Waals surface area contributed by atoms with Crippen LogP contribution in [0.25, 0.3) is 0 Å². The molecule has 4 nitrogen and oxygen atoms in total. The molecule has 0 unspecified atom stereocenters. The summed E-state index contributed by atoms with van der Waals surface area (Å²) >= 11 is 0. The first-order valence-electron chi connectivity index (χ1n) is 7.76. The molecule has 1 atom stereocenters. The molecule has 0 saturated heterocycles. The Bertz CT molecular complexity index is 798. The van der Waals surface area contributed by atoms with Crippen LogP contribution in [-0.2, 0) is 13.6 Å². The molecule has 24 heavy (non-hydrogen) atoms. The molecule has 0 amide bonds. The fourth-order valence-electron chi connectivity index (χ4n) is 2.66. The molecule has 0 aliphatic rings. The summed E-state index contributed by atoms with van der Waals surface area (Å²) in [5, 5.41) is 3.47.